The van der Waals surface area contributed by atoms with Crippen LogP contribution in [-0.4, -0.2) is 15.3 Å². The number of nitrogen functional groups attached to an aromatic ring is 1. The van der Waals surface area contributed by atoms with Crippen molar-refractivity contribution < 1.29 is 4.79 Å². The summed E-state index contributed by atoms with van der Waals surface area (Å²) in [6.07, 6.45) is 1.76. The number of carbonyl (C=O) groups excluding carboxylic acids is 1. The highest BCUT2D eigenvalue weighted by Gasteiger charge is 2.08. The maximum Gasteiger partial charge on any atom is 0.161 e. The molecule has 4 nitrogen and oxygen atoms in total. The second-order valence-electron chi connectivity index (χ2n) is 4.11. The molecule has 0 unspecified atom stereocenters. The Labute approximate surface area is 100 Å². The Balaban J connectivity index is 2.52. The molecule has 4 heteroatoms. The molecule has 1 aromatic heterocycles. The van der Waals surface area contributed by atoms with E-state index in [-0.39, 0.29) is 5.78 Å². The molecule has 2 N–H and O–H groups in total. The van der Waals surface area contributed by atoms with E-state index in [0.717, 1.165) is 17.1 Å². The molecule has 0 saturated carbocycles. The van der Waals surface area contributed by atoms with Gasteiger partial charge in [0.25, 0.3) is 0 Å². The van der Waals surface area contributed by atoms with Crippen molar-refractivity contribution in [1.29, 1.82) is 0 Å². The lowest BCUT2D eigenvalue weighted by atomic mass is 10.1. The van der Waals surface area contributed by atoms with Crippen LogP contribution >= 0.6 is 0 Å². The lowest BCUT2D eigenvalue weighted by molar-refractivity contribution is 0.101. The van der Waals surface area contributed by atoms with Crippen LogP contribution in [0, 0.1) is 13.8 Å². The molecule has 2 aromatic rings. The Kier molecular flexibility index (Phi) is 2.71. The fourth-order valence-corrected chi connectivity index (χ4v) is 1.78. The number of ketones is 1. The molecule has 0 aliphatic heterocycles. The number of nitrogens with two attached hydrogens (primary N) is 1. The van der Waals surface area contributed by atoms with Crippen LogP contribution in [0.4, 0.5) is 5.69 Å². The van der Waals surface area contributed by atoms with Crippen LogP contribution < -0.4 is 5.73 Å². The number of anilines is 1. The summed E-state index contributed by atoms with van der Waals surface area (Å²) in [6, 6.07) is 5.42. The van der Waals surface area contributed by atoms with Crippen molar-refractivity contribution >= 4 is 11.5 Å². The van der Waals surface area contributed by atoms with Gasteiger partial charge in [-0.1, -0.05) is 0 Å². The number of hydrogen-bond acceptors (Lipinski definition) is 3. The van der Waals surface area contributed by atoms with Crippen molar-refractivity contribution in [2.75, 3.05) is 5.73 Å². The first-order chi connectivity index (χ1) is 8.00. The minimum Gasteiger partial charge on any atom is -0.398 e. The van der Waals surface area contributed by atoms with Crippen molar-refractivity contribution in [3.8, 4) is 5.69 Å². The summed E-state index contributed by atoms with van der Waals surface area (Å²) in [6.45, 7) is 5.47. The van der Waals surface area contributed by atoms with E-state index in [1.165, 1.54) is 6.92 Å². The van der Waals surface area contributed by atoms with Gasteiger partial charge in [0, 0.05) is 22.6 Å². The number of aryl methyl sites for hydroxylation is 1. The second-order valence-corrected chi connectivity index (χ2v) is 4.11. The van der Waals surface area contributed by atoms with Gasteiger partial charge in [-0.2, -0.15) is 0 Å². The topological polar surface area (TPSA) is 60.9 Å². The molecule has 0 fully saturated rings. The smallest absolute Gasteiger partial charge is 0.161 e. The molecule has 0 spiro atoms. The van der Waals surface area contributed by atoms with Crippen LogP contribution in [0.1, 0.15) is 28.7 Å². The molecule has 0 amide bonds. The zero-order valence-electron chi connectivity index (χ0n) is 10.2. The predicted molar refractivity (Wildman–Crippen MR) is 67.5 cm³/mol. The average molecular weight is 229 g/mol. The first-order valence-electron chi connectivity index (χ1n) is 5.42. The third-order valence-corrected chi connectivity index (χ3v) is 2.94. The van der Waals surface area contributed by atoms with Gasteiger partial charge in [0.1, 0.15) is 0 Å². The molecule has 0 bridgehead atoms. The molecule has 0 aliphatic carbocycles. The highest BCUT2D eigenvalue weighted by molar-refractivity contribution is 5.99. The average Bonchev–Trinajstić information content (AvgIpc) is 2.59. The van der Waals surface area contributed by atoms with Crippen LogP contribution in [0.3, 0.4) is 0 Å². The van der Waals surface area contributed by atoms with Gasteiger partial charge in [0.2, 0.25) is 0 Å². The number of rotatable bonds is 2. The van der Waals surface area contributed by atoms with Crippen molar-refractivity contribution in [3.05, 3.63) is 41.5 Å². The largest absolute Gasteiger partial charge is 0.398 e. The normalized spacial score (nSPS) is 10.5. The maximum atomic E-state index is 11.3. The Morgan fingerprint density at radius 2 is 2.06 bits per heavy atom. The fraction of sp³-hybridized carbons (Fsp3) is 0.231. The Bertz CT molecular complexity index is 584. The minimum atomic E-state index is -0.0208. The fourth-order valence-electron chi connectivity index (χ4n) is 1.78. The number of carbonyl (C=O) groups is 1. The molecule has 1 heterocycles. The van der Waals surface area contributed by atoms with Gasteiger partial charge in [0.05, 0.1) is 12.0 Å². The number of Topliss-reactive ketones (excluding diaryl/α,β-unsaturated/α-hetero) is 1. The van der Waals surface area contributed by atoms with E-state index in [0.29, 0.717) is 11.3 Å². The predicted octanol–water partition coefficient (Wildman–Crippen LogP) is 2.27. The van der Waals surface area contributed by atoms with Crippen molar-refractivity contribution in [3.63, 3.8) is 0 Å². The summed E-state index contributed by atoms with van der Waals surface area (Å²) in [5, 5.41) is 0. The van der Waals surface area contributed by atoms with Crippen LogP contribution in [0.25, 0.3) is 5.69 Å². The summed E-state index contributed by atoms with van der Waals surface area (Å²) in [5.74, 6) is -0.0208. The van der Waals surface area contributed by atoms with Crippen LogP contribution in [0.15, 0.2) is 24.5 Å². The van der Waals surface area contributed by atoms with Gasteiger partial charge in [-0.25, -0.2) is 4.98 Å². The van der Waals surface area contributed by atoms with E-state index >= 15 is 0 Å². The number of hydrogen-bond donors (Lipinski definition) is 1. The number of aromatic nitrogens is 2. The Morgan fingerprint density at radius 1 is 1.35 bits per heavy atom. The van der Waals surface area contributed by atoms with Gasteiger partial charge in [0.15, 0.2) is 5.78 Å². The molecule has 17 heavy (non-hydrogen) atoms. The lowest BCUT2D eigenvalue weighted by Gasteiger charge is -2.08. The highest BCUT2D eigenvalue weighted by Crippen LogP contribution is 2.20. The Morgan fingerprint density at radius 3 is 2.53 bits per heavy atom. The SMILES string of the molecule is CC(=O)c1ccc(-n2cnc(C)c2C)cc1N. The van der Waals surface area contributed by atoms with E-state index in [1.54, 1.807) is 18.5 Å². The molecular weight excluding hydrogens is 214 g/mol. The summed E-state index contributed by atoms with van der Waals surface area (Å²) in [5.41, 5.74) is 9.90. The molecule has 1 aromatic carbocycles. The third kappa shape index (κ3) is 1.93. The molecule has 0 aliphatic rings. The summed E-state index contributed by atoms with van der Waals surface area (Å²) in [4.78, 5) is 15.5. The lowest BCUT2D eigenvalue weighted by Crippen LogP contribution is -2.02. The van der Waals surface area contributed by atoms with Crippen molar-refractivity contribution in [2.45, 2.75) is 20.8 Å². The maximum absolute atomic E-state index is 11.3. The van der Waals surface area contributed by atoms with Crippen molar-refractivity contribution in [1.82, 2.24) is 9.55 Å². The van der Waals surface area contributed by atoms with Crippen LogP contribution in [0.2, 0.25) is 0 Å². The van der Waals surface area contributed by atoms with Gasteiger partial charge < -0.3 is 10.3 Å². The monoisotopic (exact) mass is 229 g/mol. The number of imidazole rings is 1. The molecule has 0 atom stereocenters. The molecular formula is C13H15N3O. The van der Waals surface area contributed by atoms with Gasteiger partial charge in [-0.3, -0.25) is 4.79 Å². The van der Waals surface area contributed by atoms with E-state index in [4.69, 9.17) is 5.73 Å². The van der Waals surface area contributed by atoms with E-state index < -0.39 is 0 Å². The first-order valence-corrected chi connectivity index (χ1v) is 5.42. The van der Waals surface area contributed by atoms with Gasteiger partial charge >= 0.3 is 0 Å². The highest BCUT2D eigenvalue weighted by atomic mass is 16.1. The number of benzene rings is 1. The van der Waals surface area contributed by atoms with E-state index in [9.17, 15) is 4.79 Å². The number of nitrogens with zero attached hydrogens (tertiary/aromatic N) is 2. The van der Waals surface area contributed by atoms with Crippen molar-refractivity contribution in [2.24, 2.45) is 0 Å². The van der Waals surface area contributed by atoms with Gasteiger partial charge in [-0.05, 0) is 39.0 Å². The summed E-state index contributed by atoms with van der Waals surface area (Å²) in [7, 11) is 0. The zero-order chi connectivity index (χ0) is 12.6. The minimum absolute atomic E-state index is 0.0208. The van der Waals surface area contributed by atoms with Crippen LogP contribution in [-0.2, 0) is 0 Å². The van der Waals surface area contributed by atoms with Crippen LogP contribution in [0.5, 0.6) is 0 Å². The second kappa shape index (κ2) is 4.05. The first kappa shape index (κ1) is 11.4. The van der Waals surface area contributed by atoms with E-state index in [2.05, 4.69) is 4.98 Å². The zero-order valence-corrected chi connectivity index (χ0v) is 10.2. The molecule has 0 radical (unpaired) electrons. The standard InChI is InChI=1S/C13H15N3O/c1-8-9(2)16(7-15-8)11-4-5-12(10(3)17)13(14)6-11/h4-7H,14H2,1-3H3. The molecule has 2 rings (SSSR count). The van der Waals surface area contributed by atoms with Gasteiger partial charge in [-0.15, -0.1) is 0 Å². The quantitative estimate of drug-likeness (QED) is 0.634. The summed E-state index contributed by atoms with van der Waals surface area (Å²) < 4.78 is 1.95. The third-order valence-electron chi connectivity index (χ3n) is 2.94. The summed E-state index contributed by atoms with van der Waals surface area (Å²) >= 11 is 0. The molecule has 0 saturated heterocycles. The molecule has 88 valence electrons. The van der Waals surface area contributed by atoms with E-state index in [1.807, 2.05) is 24.5 Å². The Hall–Kier alpha value is -2.10.